The average Bonchev–Trinajstić information content (AvgIpc) is 3.14. The largest absolute Gasteiger partial charge is 0.467 e. The highest BCUT2D eigenvalue weighted by Crippen LogP contribution is 2.11. The van der Waals surface area contributed by atoms with Crippen LogP contribution in [-0.2, 0) is 6.54 Å². The van der Waals surface area contributed by atoms with Gasteiger partial charge in [0.1, 0.15) is 11.5 Å². The van der Waals surface area contributed by atoms with E-state index in [0.717, 1.165) is 5.76 Å². The molecular weight excluding hydrogens is 306 g/mol. The second kappa shape index (κ2) is 7.07. The predicted octanol–water partition coefficient (Wildman–Crippen LogP) is 2.81. The Morgan fingerprint density at radius 2 is 2.04 bits per heavy atom. The fraction of sp³-hybridized carbons (Fsp3) is 0.0588. The number of aromatic nitrogens is 2. The number of nitrogens with zero attached hydrogens (tertiary/aromatic N) is 3. The molecular formula is C17H13N5O2. The number of nitriles is 1. The zero-order valence-corrected chi connectivity index (χ0v) is 12.6. The van der Waals surface area contributed by atoms with Gasteiger partial charge in [-0.3, -0.25) is 4.79 Å². The van der Waals surface area contributed by atoms with Gasteiger partial charge in [0, 0.05) is 11.9 Å². The molecule has 3 aromatic rings. The van der Waals surface area contributed by atoms with Crippen LogP contribution in [-0.4, -0.2) is 15.9 Å². The van der Waals surface area contributed by atoms with E-state index in [0.29, 0.717) is 23.7 Å². The van der Waals surface area contributed by atoms with Crippen molar-refractivity contribution in [3.05, 3.63) is 71.9 Å². The SMILES string of the molecule is N#Cc1ccc(NC(=O)c2ccnc(NCc3ccco3)n2)cc1. The first-order chi connectivity index (χ1) is 11.7. The van der Waals surface area contributed by atoms with E-state index in [1.165, 1.54) is 12.3 Å². The average molecular weight is 319 g/mol. The van der Waals surface area contributed by atoms with Crippen molar-refractivity contribution in [1.82, 2.24) is 9.97 Å². The van der Waals surface area contributed by atoms with Gasteiger partial charge in [-0.2, -0.15) is 5.26 Å². The second-order valence-electron chi connectivity index (χ2n) is 4.84. The molecule has 3 rings (SSSR count). The number of rotatable bonds is 5. The fourth-order valence-electron chi connectivity index (χ4n) is 1.97. The monoisotopic (exact) mass is 319 g/mol. The molecule has 0 saturated carbocycles. The van der Waals surface area contributed by atoms with Crippen LogP contribution in [0.2, 0.25) is 0 Å². The molecule has 2 N–H and O–H groups in total. The summed E-state index contributed by atoms with van der Waals surface area (Å²) in [5.41, 5.74) is 1.35. The van der Waals surface area contributed by atoms with Crippen molar-refractivity contribution in [3.63, 3.8) is 0 Å². The molecule has 2 heterocycles. The molecule has 0 aliphatic heterocycles. The Morgan fingerprint density at radius 3 is 2.75 bits per heavy atom. The van der Waals surface area contributed by atoms with Gasteiger partial charge in [0.05, 0.1) is 24.4 Å². The van der Waals surface area contributed by atoms with Crippen molar-refractivity contribution in [2.24, 2.45) is 0 Å². The summed E-state index contributed by atoms with van der Waals surface area (Å²) in [6.07, 6.45) is 3.09. The first kappa shape index (κ1) is 15.2. The Hall–Kier alpha value is -3.66. The molecule has 0 fully saturated rings. The smallest absolute Gasteiger partial charge is 0.274 e. The molecule has 1 amide bonds. The lowest BCUT2D eigenvalue weighted by Crippen LogP contribution is -2.15. The van der Waals surface area contributed by atoms with Gasteiger partial charge in [0.2, 0.25) is 5.95 Å². The van der Waals surface area contributed by atoms with E-state index in [1.807, 2.05) is 12.1 Å². The van der Waals surface area contributed by atoms with E-state index in [2.05, 4.69) is 20.6 Å². The van der Waals surface area contributed by atoms with E-state index < -0.39 is 0 Å². The molecule has 0 saturated heterocycles. The maximum atomic E-state index is 12.2. The third-order valence-corrected chi connectivity index (χ3v) is 3.16. The van der Waals surface area contributed by atoms with Crippen LogP contribution in [0, 0.1) is 11.3 Å². The van der Waals surface area contributed by atoms with Gasteiger partial charge in [-0.05, 0) is 42.5 Å². The summed E-state index contributed by atoms with van der Waals surface area (Å²) in [6.45, 7) is 0.424. The highest BCUT2D eigenvalue weighted by Gasteiger charge is 2.09. The third-order valence-electron chi connectivity index (χ3n) is 3.16. The van der Waals surface area contributed by atoms with Crippen LogP contribution in [0.4, 0.5) is 11.6 Å². The Morgan fingerprint density at radius 1 is 1.21 bits per heavy atom. The van der Waals surface area contributed by atoms with E-state index in [1.54, 1.807) is 36.6 Å². The van der Waals surface area contributed by atoms with Crippen LogP contribution in [0.15, 0.2) is 59.3 Å². The molecule has 2 aromatic heterocycles. The van der Waals surface area contributed by atoms with Crippen LogP contribution in [0.5, 0.6) is 0 Å². The lowest BCUT2D eigenvalue weighted by atomic mass is 10.2. The minimum Gasteiger partial charge on any atom is -0.467 e. The van der Waals surface area contributed by atoms with Crippen molar-refractivity contribution in [3.8, 4) is 6.07 Å². The van der Waals surface area contributed by atoms with Gasteiger partial charge in [-0.15, -0.1) is 0 Å². The molecule has 0 bridgehead atoms. The number of amides is 1. The van der Waals surface area contributed by atoms with Crippen LogP contribution in [0.3, 0.4) is 0 Å². The number of nitrogens with one attached hydrogen (secondary N) is 2. The topological polar surface area (TPSA) is 104 Å². The molecule has 0 spiro atoms. The Kier molecular flexibility index (Phi) is 4.49. The van der Waals surface area contributed by atoms with E-state index >= 15 is 0 Å². The summed E-state index contributed by atoms with van der Waals surface area (Å²) in [5, 5.41) is 14.5. The lowest BCUT2D eigenvalue weighted by Gasteiger charge is -2.06. The summed E-state index contributed by atoms with van der Waals surface area (Å²) in [7, 11) is 0. The predicted molar refractivity (Wildman–Crippen MR) is 87.2 cm³/mol. The van der Waals surface area contributed by atoms with E-state index in [9.17, 15) is 4.79 Å². The number of hydrogen-bond acceptors (Lipinski definition) is 6. The van der Waals surface area contributed by atoms with Crippen LogP contribution in [0.25, 0.3) is 0 Å². The fourth-order valence-corrected chi connectivity index (χ4v) is 1.97. The molecule has 0 aliphatic rings. The van der Waals surface area contributed by atoms with Crippen LogP contribution in [0.1, 0.15) is 21.8 Å². The van der Waals surface area contributed by atoms with E-state index in [4.69, 9.17) is 9.68 Å². The number of furan rings is 1. The summed E-state index contributed by atoms with van der Waals surface area (Å²) in [4.78, 5) is 20.5. The zero-order valence-electron chi connectivity index (χ0n) is 12.6. The number of benzene rings is 1. The summed E-state index contributed by atoms with van der Waals surface area (Å²) in [5.74, 6) is 0.716. The maximum absolute atomic E-state index is 12.2. The Balaban J connectivity index is 1.66. The molecule has 0 radical (unpaired) electrons. The molecule has 0 unspecified atom stereocenters. The van der Waals surface area contributed by atoms with E-state index in [-0.39, 0.29) is 11.6 Å². The summed E-state index contributed by atoms with van der Waals surface area (Å²) >= 11 is 0. The maximum Gasteiger partial charge on any atom is 0.274 e. The molecule has 24 heavy (non-hydrogen) atoms. The highest BCUT2D eigenvalue weighted by atomic mass is 16.3. The van der Waals surface area contributed by atoms with Gasteiger partial charge in [-0.25, -0.2) is 9.97 Å². The first-order valence-electron chi connectivity index (χ1n) is 7.15. The zero-order chi connectivity index (χ0) is 16.8. The van der Waals surface area contributed by atoms with Crippen molar-refractivity contribution in [2.75, 3.05) is 10.6 Å². The standard InChI is InChI=1S/C17H13N5O2/c18-10-12-3-5-13(6-4-12)21-16(23)15-7-8-19-17(22-15)20-11-14-2-1-9-24-14/h1-9H,11H2,(H,21,23)(H,19,20,22). The molecule has 7 heteroatoms. The number of hydrogen-bond donors (Lipinski definition) is 2. The molecule has 0 atom stereocenters. The van der Waals surface area contributed by atoms with Gasteiger partial charge in [-0.1, -0.05) is 0 Å². The Labute approximate surface area is 138 Å². The number of carbonyl (C=O) groups excluding carboxylic acids is 1. The van der Waals surface area contributed by atoms with Crippen LogP contribution >= 0.6 is 0 Å². The molecule has 7 nitrogen and oxygen atoms in total. The van der Waals surface area contributed by atoms with Crippen molar-refractivity contribution in [1.29, 1.82) is 5.26 Å². The van der Waals surface area contributed by atoms with Crippen molar-refractivity contribution < 1.29 is 9.21 Å². The number of carbonyl (C=O) groups is 1. The van der Waals surface area contributed by atoms with Crippen LogP contribution < -0.4 is 10.6 Å². The molecule has 118 valence electrons. The summed E-state index contributed by atoms with van der Waals surface area (Å²) < 4.78 is 5.21. The minimum atomic E-state index is -0.358. The third kappa shape index (κ3) is 3.75. The normalized spacial score (nSPS) is 9.96. The molecule has 0 aliphatic carbocycles. The van der Waals surface area contributed by atoms with Crippen molar-refractivity contribution in [2.45, 2.75) is 6.54 Å². The van der Waals surface area contributed by atoms with Gasteiger partial charge in [0.15, 0.2) is 0 Å². The lowest BCUT2D eigenvalue weighted by molar-refractivity contribution is 0.102. The highest BCUT2D eigenvalue weighted by molar-refractivity contribution is 6.02. The van der Waals surface area contributed by atoms with Gasteiger partial charge >= 0.3 is 0 Å². The van der Waals surface area contributed by atoms with Gasteiger partial charge < -0.3 is 15.1 Å². The van der Waals surface area contributed by atoms with Crippen molar-refractivity contribution >= 4 is 17.5 Å². The second-order valence-corrected chi connectivity index (χ2v) is 4.84. The minimum absolute atomic E-state index is 0.233. The Bertz CT molecular complexity index is 867. The van der Waals surface area contributed by atoms with Gasteiger partial charge in [0.25, 0.3) is 5.91 Å². The molecule has 1 aromatic carbocycles. The summed E-state index contributed by atoms with van der Waals surface area (Å²) in [6, 6.07) is 13.7. The quantitative estimate of drug-likeness (QED) is 0.749. The first-order valence-corrected chi connectivity index (χ1v) is 7.15. The number of anilines is 2.